The Morgan fingerprint density at radius 1 is 0.814 bits per heavy atom. The summed E-state index contributed by atoms with van der Waals surface area (Å²) in [5.74, 6) is 1.90. The summed E-state index contributed by atoms with van der Waals surface area (Å²) in [4.78, 5) is 29.6. The molecule has 6 heterocycles. The van der Waals surface area contributed by atoms with Crippen LogP contribution in [0.3, 0.4) is 0 Å². The van der Waals surface area contributed by atoms with Crippen LogP contribution in [0, 0.1) is 11.3 Å². The monoisotopic (exact) mass is 759 g/mol. The van der Waals surface area contributed by atoms with Crippen LogP contribution in [-0.2, 0) is 0 Å². The highest BCUT2D eigenvalue weighted by Gasteiger charge is 2.58. The molecular formula is C50H33N9. The Morgan fingerprint density at radius 2 is 1.69 bits per heavy atom. The second-order valence-corrected chi connectivity index (χ2v) is 15.3. The van der Waals surface area contributed by atoms with Crippen molar-refractivity contribution in [1.82, 2.24) is 39.0 Å². The molecule has 4 aliphatic carbocycles. The number of nitrogens with zero attached hydrogens (tertiary/aromatic N) is 9. The third kappa shape index (κ3) is 5.13. The molecule has 9 heteroatoms. The van der Waals surface area contributed by atoms with Gasteiger partial charge in [-0.2, -0.15) is 0 Å². The lowest BCUT2D eigenvalue weighted by atomic mass is 9.83. The molecular weight excluding hydrogens is 727 g/mol. The lowest BCUT2D eigenvalue weighted by Gasteiger charge is -2.30. The molecule has 0 N–H and O–H groups in total. The molecule has 9 nitrogen and oxygen atoms in total. The van der Waals surface area contributed by atoms with Crippen molar-refractivity contribution in [2.24, 2.45) is 11.3 Å². The smallest absolute Gasteiger partial charge is 0.164 e. The average molecular weight is 760 g/mol. The molecule has 2 atom stereocenters. The van der Waals surface area contributed by atoms with Crippen LogP contribution in [0.25, 0.3) is 55.9 Å². The second kappa shape index (κ2) is 12.8. The zero-order valence-electron chi connectivity index (χ0n) is 31.9. The van der Waals surface area contributed by atoms with Gasteiger partial charge in [0.25, 0.3) is 0 Å². The highest BCUT2D eigenvalue weighted by Crippen LogP contribution is 2.67. The number of anilines is 1. The summed E-state index contributed by atoms with van der Waals surface area (Å²) in [5, 5.41) is 2.10. The summed E-state index contributed by atoms with van der Waals surface area (Å²) < 4.78 is 4.43. The Morgan fingerprint density at radius 3 is 2.61 bits per heavy atom. The molecule has 2 unspecified atom stereocenters. The van der Waals surface area contributed by atoms with Crippen LogP contribution in [0.15, 0.2) is 199 Å². The summed E-state index contributed by atoms with van der Waals surface area (Å²) in [5.41, 5.74) is 20.7. The minimum absolute atomic E-state index is 0.142. The predicted octanol–water partition coefficient (Wildman–Crippen LogP) is 10.0. The summed E-state index contributed by atoms with van der Waals surface area (Å²) in [6.07, 6.45) is 33.5. The quantitative estimate of drug-likeness (QED) is 0.156. The molecule has 0 amide bonds. The van der Waals surface area contributed by atoms with E-state index in [-0.39, 0.29) is 5.41 Å². The van der Waals surface area contributed by atoms with Crippen LogP contribution in [0.2, 0.25) is 0 Å². The van der Waals surface area contributed by atoms with Gasteiger partial charge in [0, 0.05) is 80.9 Å². The highest BCUT2D eigenvalue weighted by atomic mass is 15.2. The van der Waals surface area contributed by atoms with Crippen LogP contribution in [0.5, 0.6) is 0 Å². The van der Waals surface area contributed by atoms with Crippen LogP contribution >= 0.6 is 0 Å². The van der Waals surface area contributed by atoms with E-state index < -0.39 is 0 Å². The van der Waals surface area contributed by atoms with Gasteiger partial charge in [-0.25, -0.2) is 24.9 Å². The number of hydrogen-bond acceptors (Lipinski definition) is 7. The number of para-hydroxylation sites is 2. The lowest BCUT2D eigenvalue weighted by molar-refractivity contribution is 0.744. The molecule has 12 rings (SSSR count). The van der Waals surface area contributed by atoms with E-state index in [2.05, 4.69) is 168 Å². The molecule has 1 saturated carbocycles. The molecule has 1 fully saturated rings. The van der Waals surface area contributed by atoms with Gasteiger partial charge in [-0.15, -0.1) is 5.73 Å². The zero-order chi connectivity index (χ0) is 39.1. The number of hydrogen-bond donors (Lipinski definition) is 0. The second-order valence-electron chi connectivity index (χ2n) is 15.3. The molecule has 5 aliphatic rings. The third-order valence-corrected chi connectivity index (χ3v) is 12.1. The lowest BCUT2D eigenvalue weighted by Crippen LogP contribution is -2.23. The largest absolute Gasteiger partial charge is 0.301 e. The number of fused-ring (bicyclic) bond motifs is 6. The predicted molar refractivity (Wildman–Crippen MR) is 231 cm³/mol. The number of imidazole rings is 1. The van der Waals surface area contributed by atoms with Crippen LogP contribution in [0.1, 0.15) is 24.7 Å². The van der Waals surface area contributed by atoms with Crippen molar-refractivity contribution in [3.63, 3.8) is 0 Å². The summed E-state index contributed by atoms with van der Waals surface area (Å²) in [7, 11) is 0. The van der Waals surface area contributed by atoms with E-state index in [0.717, 1.165) is 79.3 Å². The SMILES string of the molecule is CC1=C(c2nccn2-c2ccccc2)C2CC2(C2=CC3=C=C(C=C2)N(C2=CC(n4c5ccccc5c5cc(-c6ncncn6)cnc54)=CC=C=C2)c2cnccc23)C=C1. The molecule has 2 aromatic carbocycles. The van der Waals surface area contributed by atoms with Crippen molar-refractivity contribution in [2.75, 3.05) is 4.90 Å². The van der Waals surface area contributed by atoms with E-state index in [1.165, 1.54) is 29.4 Å². The summed E-state index contributed by atoms with van der Waals surface area (Å²) in [6, 6.07) is 23.1. The zero-order valence-corrected chi connectivity index (χ0v) is 31.9. The minimum atomic E-state index is -0.142. The first-order chi connectivity index (χ1) is 29.1. The van der Waals surface area contributed by atoms with Gasteiger partial charge < -0.3 is 9.47 Å². The van der Waals surface area contributed by atoms with Gasteiger partial charge in [0.05, 0.1) is 34.5 Å². The summed E-state index contributed by atoms with van der Waals surface area (Å²) in [6.45, 7) is 2.21. The Balaban J connectivity index is 0.931. The van der Waals surface area contributed by atoms with Crippen molar-refractivity contribution in [3.8, 4) is 17.1 Å². The molecule has 0 saturated heterocycles. The van der Waals surface area contributed by atoms with E-state index in [4.69, 9.17) is 9.97 Å². The fourth-order valence-corrected chi connectivity index (χ4v) is 9.25. The van der Waals surface area contributed by atoms with Gasteiger partial charge in [-0.3, -0.25) is 9.55 Å². The van der Waals surface area contributed by atoms with Gasteiger partial charge in [0.15, 0.2) is 5.82 Å². The fourth-order valence-electron chi connectivity index (χ4n) is 9.25. The van der Waals surface area contributed by atoms with Crippen molar-refractivity contribution < 1.29 is 0 Å². The maximum absolute atomic E-state index is 5.02. The maximum Gasteiger partial charge on any atom is 0.164 e. The summed E-state index contributed by atoms with van der Waals surface area (Å²) >= 11 is 0. The van der Waals surface area contributed by atoms with Gasteiger partial charge in [-0.05, 0) is 85.2 Å². The van der Waals surface area contributed by atoms with E-state index in [1.54, 1.807) is 0 Å². The van der Waals surface area contributed by atoms with Crippen molar-refractivity contribution in [1.29, 1.82) is 0 Å². The van der Waals surface area contributed by atoms with Crippen molar-refractivity contribution in [3.05, 3.63) is 210 Å². The van der Waals surface area contributed by atoms with Crippen molar-refractivity contribution in [2.45, 2.75) is 13.3 Å². The highest BCUT2D eigenvalue weighted by molar-refractivity contribution is 6.10. The van der Waals surface area contributed by atoms with Crippen LogP contribution in [-0.4, -0.2) is 39.0 Å². The van der Waals surface area contributed by atoms with E-state index in [9.17, 15) is 0 Å². The maximum atomic E-state index is 5.02. The number of benzene rings is 2. The number of pyridine rings is 2. The topological polar surface area (TPSA) is 90.4 Å². The molecule has 0 spiro atoms. The normalized spacial score (nSPS) is 20.1. The van der Waals surface area contributed by atoms with E-state index >= 15 is 0 Å². The first-order valence-electron chi connectivity index (χ1n) is 19.7. The Kier molecular flexibility index (Phi) is 7.19. The number of rotatable bonds is 6. The van der Waals surface area contributed by atoms with Gasteiger partial charge in [0.1, 0.15) is 24.1 Å². The fraction of sp³-hybridized carbons (Fsp3) is 0.0800. The first kappa shape index (κ1) is 33.2. The Hall–Kier alpha value is -7.96. The molecule has 59 heavy (non-hydrogen) atoms. The molecule has 278 valence electrons. The van der Waals surface area contributed by atoms with Crippen molar-refractivity contribution >= 4 is 44.5 Å². The molecule has 0 radical (unpaired) electrons. The minimum Gasteiger partial charge on any atom is -0.301 e. The number of aromatic nitrogens is 8. The van der Waals surface area contributed by atoms with Gasteiger partial charge in [0.2, 0.25) is 0 Å². The average Bonchev–Trinajstić information content (AvgIpc) is 3.86. The van der Waals surface area contributed by atoms with E-state index in [0.29, 0.717) is 11.7 Å². The number of allylic oxidation sites excluding steroid dienone is 12. The van der Waals surface area contributed by atoms with E-state index in [1.807, 2.05) is 36.9 Å². The molecule has 7 aromatic rings. The van der Waals surface area contributed by atoms with Crippen LogP contribution < -0.4 is 4.90 Å². The molecule has 1 aliphatic heterocycles. The molecule has 5 aromatic heterocycles. The van der Waals surface area contributed by atoms with Gasteiger partial charge in [-0.1, -0.05) is 60.4 Å². The van der Waals surface area contributed by atoms with Crippen LogP contribution in [0.4, 0.5) is 5.69 Å². The third-order valence-electron chi connectivity index (χ3n) is 12.1. The Labute approximate surface area is 339 Å². The molecule has 2 bridgehead atoms. The standard InChI is InChI=1S/C50H33N9/c1-32-17-19-50(27-43(50)46(32)49-53-21-22-57(49)36-9-3-2-4-10-36)35-15-16-39-24-33(23-35)40-18-20-51-29-45(40)58(39)37-11-5-6-12-38(26-37)59-44-14-8-7-13-41(44)42-25-34(28-54-48(42)59)47-55-30-52-31-56-47/h2-4,6-23,25-26,28-31,43H,27H2,1H3. The first-order valence-corrected chi connectivity index (χ1v) is 19.7. The Bertz CT molecular complexity index is 3280. The van der Waals surface area contributed by atoms with Gasteiger partial charge >= 0.3 is 0 Å².